The first-order valence-electron chi connectivity index (χ1n) is 5.36. The minimum atomic E-state index is -2.81. The normalized spacial score (nSPS) is 16.6. The predicted molar refractivity (Wildman–Crippen MR) is 61.2 cm³/mol. The third-order valence-corrected chi connectivity index (χ3v) is 4.52. The summed E-state index contributed by atoms with van der Waals surface area (Å²) >= 11 is 0. The Morgan fingerprint density at radius 3 is 2.21 bits per heavy atom. The van der Waals surface area contributed by atoms with E-state index in [0.717, 1.165) is 6.42 Å². The quantitative estimate of drug-likeness (QED) is 0.707. The lowest BCUT2D eigenvalue weighted by molar-refractivity contribution is 0.398. The van der Waals surface area contributed by atoms with Gasteiger partial charge in [0.25, 0.3) is 0 Å². The van der Waals surface area contributed by atoms with E-state index in [1.807, 2.05) is 0 Å². The monoisotopic (exact) mass is 221 g/mol. The summed E-state index contributed by atoms with van der Waals surface area (Å²) in [5.74, 6) is 1.09. The van der Waals surface area contributed by atoms with Gasteiger partial charge in [-0.15, -0.1) is 0 Å². The molecule has 0 spiro atoms. The van der Waals surface area contributed by atoms with Gasteiger partial charge in [0, 0.05) is 18.3 Å². The smallest absolute Gasteiger partial charge is 0.151 e. The maximum Gasteiger partial charge on any atom is 0.151 e. The van der Waals surface area contributed by atoms with Crippen molar-refractivity contribution in [1.29, 1.82) is 0 Å². The van der Waals surface area contributed by atoms with E-state index in [2.05, 4.69) is 26.1 Å². The van der Waals surface area contributed by atoms with E-state index in [9.17, 15) is 8.42 Å². The third kappa shape index (κ3) is 5.60. The van der Waals surface area contributed by atoms with Gasteiger partial charge in [-0.1, -0.05) is 27.2 Å². The topological polar surface area (TPSA) is 46.2 Å². The summed E-state index contributed by atoms with van der Waals surface area (Å²) in [7, 11) is -2.81. The fourth-order valence-electron chi connectivity index (χ4n) is 1.14. The largest absolute Gasteiger partial charge is 0.313 e. The first-order valence-corrected chi connectivity index (χ1v) is 7.18. The van der Waals surface area contributed by atoms with Crippen LogP contribution in [0.15, 0.2) is 0 Å². The molecule has 4 heteroatoms. The van der Waals surface area contributed by atoms with Gasteiger partial charge in [-0.25, -0.2) is 8.42 Å². The lowest BCUT2D eigenvalue weighted by Gasteiger charge is -2.19. The highest BCUT2D eigenvalue weighted by Gasteiger charge is 2.11. The number of hydrogen-bond acceptors (Lipinski definition) is 3. The Kier molecular flexibility index (Phi) is 6.36. The Morgan fingerprint density at radius 2 is 1.79 bits per heavy atom. The molecular formula is C10H23NO2S. The van der Waals surface area contributed by atoms with E-state index in [1.165, 1.54) is 0 Å². The molecular weight excluding hydrogens is 198 g/mol. The maximum absolute atomic E-state index is 11.2. The Labute approximate surface area is 88.2 Å². The number of nitrogens with one attached hydrogen (secondary N) is 1. The van der Waals surface area contributed by atoms with Gasteiger partial charge < -0.3 is 5.32 Å². The van der Waals surface area contributed by atoms with Crippen LogP contribution < -0.4 is 5.32 Å². The zero-order valence-electron chi connectivity index (χ0n) is 9.71. The van der Waals surface area contributed by atoms with E-state index >= 15 is 0 Å². The molecule has 0 radical (unpaired) electrons. The lowest BCUT2D eigenvalue weighted by atomic mass is 10.0. The summed E-state index contributed by atoms with van der Waals surface area (Å²) in [6, 6.07) is 0.395. The number of rotatable bonds is 7. The fourth-order valence-corrected chi connectivity index (χ4v) is 1.86. The molecule has 0 aliphatic rings. The average molecular weight is 221 g/mol. The molecule has 2 atom stereocenters. The summed E-state index contributed by atoms with van der Waals surface area (Å²) in [5.41, 5.74) is 0. The maximum atomic E-state index is 11.2. The molecule has 3 nitrogen and oxygen atoms in total. The Morgan fingerprint density at radius 1 is 1.21 bits per heavy atom. The van der Waals surface area contributed by atoms with Crippen LogP contribution in [0.25, 0.3) is 0 Å². The lowest BCUT2D eigenvalue weighted by Crippen LogP contribution is -2.35. The molecule has 0 bridgehead atoms. The minimum absolute atomic E-state index is 0.242. The van der Waals surface area contributed by atoms with Crippen LogP contribution in [0.3, 0.4) is 0 Å². The third-order valence-electron chi connectivity index (χ3n) is 2.82. The molecule has 0 aliphatic heterocycles. The van der Waals surface area contributed by atoms with E-state index < -0.39 is 9.84 Å². The Hall–Kier alpha value is -0.0900. The molecule has 0 saturated heterocycles. The van der Waals surface area contributed by atoms with E-state index in [1.54, 1.807) is 6.92 Å². The van der Waals surface area contributed by atoms with Crippen LogP contribution in [0.4, 0.5) is 0 Å². The SMILES string of the molecule is CCC(C)C(C)NCCS(=O)(=O)CC. The van der Waals surface area contributed by atoms with Gasteiger partial charge in [0.1, 0.15) is 0 Å². The highest BCUT2D eigenvalue weighted by Crippen LogP contribution is 2.06. The fraction of sp³-hybridized carbons (Fsp3) is 1.00. The van der Waals surface area contributed by atoms with Crippen molar-refractivity contribution in [2.24, 2.45) is 5.92 Å². The van der Waals surface area contributed by atoms with Crippen molar-refractivity contribution in [2.75, 3.05) is 18.1 Å². The van der Waals surface area contributed by atoms with Gasteiger partial charge in [0.2, 0.25) is 0 Å². The van der Waals surface area contributed by atoms with Crippen molar-refractivity contribution < 1.29 is 8.42 Å². The van der Waals surface area contributed by atoms with Gasteiger partial charge in [0.15, 0.2) is 9.84 Å². The highest BCUT2D eigenvalue weighted by molar-refractivity contribution is 7.91. The van der Waals surface area contributed by atoms with Crippen LogP contribution >= 0.6 is 0 Å². The molecule has 0 fully saturated rings. The molecule has 86 valence electrons. The van der Waals surface area contributed by atoms with Crippen LogP contribution in [-0.2, 0) is 9.84 Å². The van der Waals surface area contributed by atoms with Gasteiger partial charge in [-0.05, 0) is 12.8 Å². The standard InChI is InChI=1S/C10H23NO2S/c1-5-9(3)10(4)11-7-8-14(12,13)6-2/h9-11H,5-8H2,1-4H3. The van der Waals surface area contributed by atoms with Crippen molar-refractivity contribution >= 4 is 9.84 Å². The second-order valence-electron chi connectivity index (χ2n) is 3.86. The molecule has 0 amide bonds. The van der Waals surface area contributed by atoms with Crippen molar-refractivity contribution in [3.63, 3.8) is 0 Å². The Bertz CT molecular complexity index is 237. The van der Waals surface area contributed by atoms with Crippen LogP contribution in [0.1, 0.15) is 34.1 Å². The minimum Gasteiger partial charge on any atom is -0.313 e. The molecule has 0 aromatic heterocycles. The van der Waals surface area contributed by atoms with E-state index in [4.69, 9.17) is 0 Å². The van der Waals surface area contributed by atoms with E-state index in [-0.39, 0.29) is 11.5 Å². The zero-order valence-corrected chi connectivity index (χ0v) is 10.5. The predicted octanol–water partition coefficient (Wildman–Crippen LogP) is 1.45. The van der Waals surface area contributed by atoms with Crippen molar-refractivity contribution in [3.05, 3.63) is 0 Å². The van der Waals surface area contributed by atoms with Crippen molar-refractivity contribution in [3.8, 4) is 0 Å². The van der Waals surface area contributed by atoms with Gasteiger partial charge >= 0.3 is 0 Å². The second-order valence-corrected chi connectivity index (χ2v) is 6.34. The highest BCUT2D eigenvalue weighted by atomic mass is 32.2. The molecule has 14 heavy (non-hydrogen) atoms. The molecule has 1 N–H and O–H groups in total. The summed E-state index contributed by atoms with van der Waals surface area (Å²) in [6.07, 6.45) is 1.12. The van der Waals surface area contributed by atoms with Crippen LogP contribution in [0.2, 0.25) is 0 Å². The molecule has 0 saturated carbocycles. The molecule has 0 aromatic rings. The Balaban J connectivity index is 3.75. The molecule has 0 aliphatic carbocycles. The summed E-state index contributed by atoms with van der Waals surface area (Å²) < 4.78 is 22.4. The molecule has 0 aromatic carbocycles. The first kappa shape index (κ1) is 13.9. The van der Waals surface area contributed by atoms with E-state index in [0.29, 0.717) is 18.5 Å². The van der Waals surface area contributed by atoms with Crippen LogP contribution in [-0.4, -0.2) is 32.5 Å². The van der Waals surface area contributed by atoms with Crippen LogP contribution in [0.5, 0.6) is 0 Å². The van der Waals surface area contributed by atoms with Crippen LogP contribution in [0, 0.1) is 5.92 Å². The summed E-state index contributed by atoms with van der Waals surface area (Å²) in [4.78, 5) is 0. The van der Waals surface area contributed by atoms with Crippen molar-refractivity contribution in [2.45, 2.75) is 40.2 Å². The molecule has 0 heterocycles. The molecule has 2 unspecified atom stereocenters. The van der Waals surface area contributed by atoms with Crippen molar-refractivity contribution in [1.82, 2.24) is 5.32 Å². The van der Waals surface area contributed by atoms with Gasteiger partial charge in [-0.2, -0.15) is 0 Å². The number of sulfone groups is 1. The first-order chi connectivity index (χ1) is 6.43. The van der Waals surface area contributed by atoms with Gasteiger partial charge in [-0.3, -0.25) is 0 Å². The second kappa shape index (κ2) is 6.40. The average Bonchev–Trinajstić information content (AvgIpc) is 2.16. The van der Waals surface area contributed by atoms with Gasteiger partial charge in [0.05, 0.1) is 5.75 Å². The molecule has 0 rings (SSSR count). The summed E-state index contributed by atoms with van der Waals surface area (Å²) in [5, 5.41) is 3.24. The zero-order chi connectivity index (χ0) is 11.2. The number of hydrogen-bond donors (Lipinski definition) is 1. The summed E-state index contributed by atoms with van der Waals surface area (Å²) in [6.45, 7) is 8.68.